The highest BCUT2D eigenvalue weighted by Crippen LogP contribution is 2.28. The zero-order valence-corrected chi connectivity index (χ0v) is 17.9. The Hall–Kier alpha value is -2.32. The fourth-order valence-electron chi connectivity index (χ4n) is 2.75. The molecular weight excluding hydrogens is 392 g/mol. The second-order valence-corrected chi connectivity index (χ2v) is 8.12. The van der Waals surface area contributed by atoms with Gasteiger partial charge in [-0.3, -0.25) is 4.79 Å². The standard InChI is InChI=1S/C20H24N4O2S2/c1-4-9-24-19(14-10-17(5-2)27-12-14)22-23-20(24)28-13-18(25)21-15-7-6-8-16(11-15)26-3/h6-8,10-12H,4-5,9,13H2,1-3H3,(H,21,25). The van der Waals surface area contributed by atoms with Gasteiger partial charge in [0.2, 0.25) is 5.91 Å². The highest BCUT2D eigenvalue weighted by atomic mass is 32.2. The molecule has 8 heteroatoms. The van der Waals surface area contributed by atoms with E-state index in [2.05, 4.69) is 45.4 Å². The van der Waals surface area contributed by atoms with E-state index in [1.807, 2.05) is 18.2 Å². The van der Waals surface area contributed by atoms with Crippen molar-refractivity contribution >= 4 is 34.7 Å². The number of aryl methyl sites for hydroxylation is 1. The van der Waals surface area contributed by atoms with Gasteiger partial charge in [-0.2, -0.15) is 0 Å². The lowest BCUT2D eigenvalue weighted by Gasteiger charge is -2.09. The Morgan fingerprint density at radius 1 is 1.29 bits per heavy atom. The van der Waals surface area contributed by atoms with Crippen LogP contribution >= 0.6 is 23.1 Å². The van der Waals surface area contributed by atoms with Gasteiger partial charge in [0.05, 0.1) is 12.9 Å². The Labute approximate surface area is 173 Å². The second-order valence-electron chi connectivity index (χ2n) is 6.18. The van der Waals surface area contributed by atoms with Crippen molar-refractivity contribution in [3.8, 4) is 17.1 Å². The van der Waals surface area contributed by atoms with Gasteiger partial charge in [0.25, 0.3) is 0 Å². The summed E-state index contributed by atoms with van der Waals surface area (Å²) in [6.45, 7) is 5.09. The monoisotopic (exact) mass is 416 g/mol. The summed E-state index contributed by atoms with van der Waals surface area (Å²) in [6, 6.07) is 9.49. The van der Waals surface area contributed by atoms with E-state index in [0.717, 1.165) is 35.9 Å². The number of carbonyl (C=O) groups is 1. The van der Waals surface area contributed by atoms with Gasteiger partial charge in [0.1, 0.15) is 5.75 Å². The highest BCUT2D eigenvalue weighted by Gasteiger charge is 2.16. The van der Waals surface area contributed by atoms with Crippen LogP contribution < -0.4 is 10.1 Å². The molecule has 0 atom stereocenters. The number of hydrogen-bond donors (Lipinski definition) is 1. The zero-order valence-electron chi connectivity index (χ0n) is 16.3. The van der Waals surface area contributed by atoms with E-state index in [9.17, 15) is 4.79 Å². The zero-order chi connectivity index (χ0) is 19.9. The number of ether oxygens (including phenoxy) is 1. The molecule has 0 spiro atoms. The first-order valence-electron chi connectivity index (χ1n) is 9.22. The molecule has 0 aliphatic carbocycles. The smallest absolute Gasteiger partial charge is 0.234 e. The summed E-state index contributed by atoms with van der Waals surface area (Å²) in [7, 11) is 1.60. The van der Waals surface area contributed by atoms with Gasteiger partial charge in [0, 0.05) is 34.1 Å². The molecule has 2 aromatic heterocycles. The molecule has 2 heterocycles. The molecule has 1 N–H and O–H groups in total. The molecule has 0 saturated carbocycles. The molecule has 148 valence electrons. The lowest BCUT2D eigenvalue weighted by Crippen LogP contribution is -2.14. The predicted molar refractivity (Wildman–Crippen MR) is 115 cm³/mol. The molecule has 3 aromatic rings. The molecule has 0 aliphatic rings. The van der Waals surface area contributed by atoms with E-state index in [0.29, 0.717) is 11.4 Å². The molecule has 0 fully saturated rings. The van der Waals surface area contributed by atoms with Gasteiger partial charge in [-0.25, -0.2) is 0 Å². The van der Waals surface area contributed by atoms with Crippen molar-refractivity contribution in [3.05, 3.63) is 40.6 Å². The van der Waals surface area contributed by atoms with Crippen LogP contribution in [0.25, 0.3) is 11.4 Å². The van der Waals surface area contributed by atoms with Gasteiger partial charge >= 0.3 is 0 Å². The molecule has 1 amide bonds. The molecule has 0 bridgehead atoms. The molecule has 0 aliphatic heterocycles. The van der Waals surface area contributed by atoms with Crippen molar-refractivity contribution in [3.63, 3.8) is 0 Å². The average Bonchev–Trinajstić information content (AvgIpc) is 3.33. The average molecular weight is 417 g/mol. The van der Waals surface area contributed by atoms with E-state index < -0.39 is 0 Å². The summed E-state index contributed by atoms with van der Waals surface area (Å²) in [5.74, 6) is 1.76. The highest BCUT2D eigenvalue weighted by molar-refractivity contribution is 7.99. The molecular formula is C20H24N4O2S2. The minimum absolute atomic E-state index is 0.0883. The van der Waals surface area contributed by atoms with Crippen molar-refractivity contribution in [1.82, 2.24) is 14.8 Å². The summed E-state index contributed by atoms with van der Waals surface area (Å²) in [5.41, 5.74) is 1.81. The number of thiophene rings is 1. The number of anilines is 1. The minimum atomic E-state index is -0.0883. The minimum Gasteiger partial charge on any atom is -0.497 e. The van der Waals surface area contributed by atoms with Gasteiger partial charge in [-0.1, -0.05) is 31.7 Å². The fourth-order valence-corrected chi connectivity index (χ4v) is 4.32. The Kier molecular flexibility index (Phi) is 7.11. The third-order valence-electron chi connectivity index (χ3n) is 4.11. The molecule has 0 unspecified atom stereocenters. The van der Waals surface area contributed by atoms with Crippen molar-refractivity contribution in [2.45, 2.75) is 38.4 Å². The Balaban J connectivity index is 1.68. The Bertz CT molecular complexity index is 936. The quantitative estimate of drug-likeness (QED) is 0.511. The lowest BCUT2D eigenvalue weighted by atomic mass is 10.2. The first-order chi connectivity index (χ1) is 13.6. The number of carbonyl (C=O) groups excluding carboxylic acids is 1. The maximum atomic E-state index is 12.3. The van der Waals surface area contributed by atoms with Gasteiger partial charge in [-0.05, 0) is 31.0 Å². The Morgan fingerprint density at radius 2 is 2.14 bits per heavy atom. The van der Waals surface area contributed by atoms with E-state index in [-0.39, 0.29) is 11.7 Å². The Morgan fingerprint density at radius 3 is 2.86 bits per heavy atom. The van der Waals surface area contributed by atoms with Crippen molar-refractivity contribution in [1.29, 1.82) is 0 Å². The van der Waals surface area contributed by atoms with Crippen LogP contribution in [0.4, 0.5) is 5.69 Å². The topological polar surface area (TPSA) is 69.0 Å². The number of thioether (sulfide) groups is 1. The van der Waals surface area contributed by atoms with Gasteiger partial charge in [0.15, 0.2) is 11.0 Å². The molecule has 0 saturated heterocycles. The summed E-state index contributed by atoms with van der Waals surface area (Å²) < 4.78 is 7.29. The number of rotatable bonds is 9. The SMILES string of the molecule is CCCn1c(SCC(=O)Nc2cccc(OC)c2)nnc1-c1csc(CC)c1. The van der Waals surface area contributed by atoms with Crippen LogP contribution in [0.5, 0.6) is 5.75 Å². The third kappa shape index (κ3) is 4.94. The number of methoxy groups -OCH3 is 1. The molecule has 6 nitrogen and oxygen atoms in total. The summed E-state index contributed by atoms with van der Waals surface area (Å²) in [4.78, 5) is 13.7. The number of nitrogens with one attached hydrogen (secondary N) is 1. The molecule has 3 rings (SSSR count). The maximum absolute atomic E-state index is 12.3. The molecule has 1 aromatic carbocycles. The van der Waals surface area contributed by atoms with Crippen LogP contribution in [0, 0.1) is 0 Å². The molecule has 28 heavy (non-hydrogen) atoms. The first kappa shape index (κ1) is 20.4. The van der Waals surface area contributed by atoms with Crippen LogP contribution in [0.2, 0.25) is 0 Å². The lowest BCUT2D eigenvalue weighted by molar-refractivity contribution is -0.113. The predicted octanol–water partition coefficient (Wildman–Crippen LogP) is 4.72. The number of nitrogens with zero attached hydrogens (tertiary/aromatic N) is 3. The van der Waals surface area contributed by atoms with E-state index >= 15 is 0 Å². The van der Waals surface area contributed by atoms with Crippen LogP contribution in [-0.2, 0) is 17.8 Å². The third-order valence-corrected chi connectivity index (χ3v) is 6.16. The molecule has 0 radical (unpaired) electrons. The number of amides is 1. The van der Waals surface area contributed by atoms with E-state index in [1.165, 1.54) is 16.6 Å². The van der Waals surface area contributed by atoms with Gasteiger partial charge < -0.3 is 14.6 Å². The fraction of sp³-hybridized carbons (Fsp3) is 0.350. The second kappa shape index (κ2) is 9.75. The summed E-state index contributed by atoms with van der Waals surface area (Å²) >= 11 is 3.14. The largest absolute Gasteiger partial charge is 0.497 e. The van der Waals surface area contributed by atoms with Crippen molar-refractivity contribution < 1.29 is 9.53 Å². The number of aromatic nitrogens is 3. The maximum Gasteiger partial charge on any atom is 0.234 e. The van der Waals surface area contributed by atoms with Crippen LogP contribution in [0.15, 0.2) is 40.9 Å². The van der Waals surface area contributed by atoms with E-state index in [4.69, 9.17) is 4.74 Å². The summed E-state index contributed by atoms with van der Waals surface area (Å²) in [5, 5.41) is 14.5. The van der Waals surface area contributed by atoms with Crippen LogP contribution in [0.1, 0.15) is 25.1 Å². The van der Waals surface area contributed by atoms with Crippen LogP contribution in [0.3, 0.4) is 0 Å². The van der Waals surface area contributed by atoms with E-state index in [1.54, 1.807) is 24.5 Å². The van der Waals surface area contributed by atoms with Crippen LogP contribution in [-0.4, -0.2) is 33.5 Å². The summed E-state index contributed by atoms with van der Waals surface area (Å²) in [6.07, 6.45) is 1.98. The van der Waals surface area contributed by atoms with Crippen molar-refractivity contribution in [2.75, 3.05) is 18.2 Å². The number of hydrogen-bond acceptors (Lipinski definition) is 6. The van der Waals surface area contributed by atoms with Gasteiger partial charge in [-0.15, -0.1) is 21.5 Å². The van der Waals surface area contributed by atoms with Crippen molar-refractivity contribution in [2.24, 2.45) is 0 Å². The number of benzene rings is 1. The normalized spacial score (nSPS) is 10.8. The first-order valence-corrected chi connectivity index (χ1v) is 11.1.